The van der Waals surface area contributed by atoms with E-state index in [-0.39, 0.29) is 0 Å². The summed E-state index contributed by atoms with van der Waals surface area (Å²) >= 11 is 0. The Balaban J connectivity index is 2.04. The second kappa shape index (κ2) is 4.90. The molecule has 3 heteroatoms. The van der Waals surface area contributed by atoms with Crippen LogP contribution in [0.4, 0.5) is 0 Å². The number of hydrogen-bond acceptors (Lipinski definition) is 2. The van der Waals surface area contributed by atoms with E-state index in [1.807, 2.05) is 37.4 Å². The van der Waals surface area contributed by atoms with Crippen molar-refractivity contribution in [1.29, 1.82) is 0 Å². The number of nitrogens with one attached hydrogen (secondary N) is 1. The highest BCUT2D eigenvalue weighted by molar-refractivity contribution is 7.85. The molecule has 0 amide bonds. The molecule has 1 N–H and O–H groups in total. The van der Waals surface area contributed by atoms with Crippen LogP contribution in [0.1, 0.15) is 19.3 Å². The molecule has 1 fully saturated rings. The van der Waals surface area contributed by atoms with Gasteiger partial charge in [-0.2, -0.15) is 0 Å². The first-order chi connectivity index (χ1) is 7.31. The molecule has 0 spiro atoms. The molecule has 0 aliphatic heterocycles. The molecular weight excluding hydrogens is 206 g/mol. The Labute approximate surface area is 93.5 Å². The van der Waals surface area contributed by atoms with Crippen LogP contribution in [0.2, 0.25) is 0 Å². The van der Waals surface area contributed by atoms with Crippen molar-refractivity contribution in [2.24, 2.45) is 0 Å². The first-order valence-electron chi connectivity index (χ1n) is 5.44. The van der Waals surface area contributed by atoms with E-state index in [0.29, 0.717) is 11.3 Å². The standard InChI is InChI=1S/C12H17NOS/c1-13-10-7-8-12(9-10)15(14)11-5-3-2-4-6-11/h2-6,10,12-13H,7-9H2,1H3. The van der Waals surface area contributed by atoms with Gasteiger partial charge in [0.1, 0.15) is 0 Å². The molecule has 1 aliphatic carbocycles. The fraction of sp³-hybridized carbons (Fsp3) is 0.500. The van der Waals surface area contributed by atoms with Crippen molar-refractivity contribution in [3.05, 3.63) is 30.3 Å². The maximum atomic E-state index is 12.2. The molecule has 0 saturated heterocycles. The summed E-state index contributed by atoms with van der Waals surface area (Å²) in [5.41, 5.74) is 0. The monoisotopic (exact) mass is 223 g/mol. The van der Waals surface area contributed by atoms with Gasteiger partial charge in [-0.15, -0.1) is 0 Å². The maximum absolute atomic E-state index is 12.2. The predicted octanol–water partition coefficient (Wildman–Crippen LogP) is 1.93. The van der Waals surface area contributed by atoms with Gasteiger partial charge in [-0.25, -0.2) is 0 Å². The van der Waals surface area contributed by atoms with Crippen molar-refractivity contribution in [1.82, 2.24) is 5.32 Å². The van der Waals surface area contributed by atoms with Crippen LogP contribution in [-0.4, -0.2) is 22.5 Å². The summed E-state index contributed by atoms with van der Waals surface area (Å²) < 4.78 is 12.2. The van der Waals surface area contributed by atoms with Crippen LogP contribution in [0.5, 0.6) is 0 Å². The second-order valence-electron chi connectivity index (χ2n) is 4.03. The summed E-state index contributed by atoms with van der Waals surface area (Å²) in [6, 6.07) is 10.4. The third-order valence-corrected chi connectivity index (χ3v) is 4.84. The van der Waals surface area contributed by atoms with E-state index in [1.54, 1.807) is 0 Å². The minimum atomic E-state index is -0.821. The lowest BCUT2D eigenvalue weighted by atomic mass is 10.3. The lowest BCUT2D eigenvalue weighted by Crippen LogP contribution is -2.23. The fourth-order valence-electron chi connectivity index (χ4n) is 2.14. The third kappa shape index (κ3) is 2.47. The zero-order valence-corrected chi connectivity index (χ0v) is 9.80. The number of hydrogen-bond donors (Lipinski definition) is 1. The highest BCUT2D eigenvalue weighted by Gasteiger charge is 2.28. The summed E-state index contributed by atoms with van der Waals surface area (Å²) in [5, 5.41) is 3.60. The molecule has 15 heavy (non-hydrogen) atoms. The quantitative estimate of drug-likeness (QED) is 0.848. The zero-order chi connectivity index (χ0) is 10.7. The molecular formula is C12H17NOS. The van der Waals surface area contributed by atoms with Gasteiger partial charge in [-0.3, -0.25) is 4.21 Å². The number of benzene rings is 1. The molecule has 0 radical (unpaired) electrons. The summed E-state index contributed by atoms with van der Waals surface area (Å²) in [6.45, 7) is 0. The van der Waals surface area contributed by atoms with E-state index in [4.69, 9.17) is 0 Å². The zero-order valence-electron chi connectivity index (χ0n) is 8.98. The molecule has 2 rings (SSSR count). The van der Waals surface area contributed by atoms with Gasteiger partial charge in [0.15, 0.2) is 0 Å². The van der Waals surface area contributed by atoms with Crippen LogP contribution in [0, 0.1) is 0 Å². The van der Waals surface area contributed by atoms with Crippen molar-refractivity contribution in [2.75, 3.05) is 7.05 Å². The van der Waals surface area contributed by atoms with Crippen molar-refractivity contribution in [3.63, 3.8) is 0 Å². The molecule has 0 heterocycles. The highest BCUT2D eigenvalue weighted by atomic mass is 32.2. The summed E-state index contributed by atoms with van der Waals surface area (Å²) in [7, 11) is 1.16. The SMILES string of the molecule is CNC1CCC(S(=O)c2ccccc2)C1. The van der Waals surface area contributed by atoms with Crippen LogP contribution in [0.3, 0.4) is 0 Å². The molecule has 1 aromatic carbocycles. The first-order valence-corrected chi connectivity index (χ1v) is 6.65. The van der Waals surface area contributed by atoms with Gasteiger partial charge in [0.25, 0.3) is 0 Å². The Morgan fingerprint density at radius 3 is 2.60 bits per heavy atom. The van der Waals surface area contributed by atoms with Gasteiger partial charge in [0, 0.05) is 16.2 Å². The topological polar surface area (TPSA) is 29.1 Å². The Bertz CT molecular complexity index is 339. The smallest absolute Gasteiger partial charge is 0.0561 e. The highest BCUT2D eigenvalue weighted by Crippen LogP contribution is 2.26. The predicted molar refractivity (Wildman–Crippen MR) is 63.3 cm³/mol. The molecule has 0 bridgehead atoms. The van der Waals surface area contributed by atoms with Crippen molar-refractivity contribution in [2.45, 2.75) is 35.4 Å². The Kier molecular flexibility index (Phi) is 3.54. The summed E-state index contributed by atoms with van der Waals surface area (Å²) in [4.78, 5) is 0.972. The lowest BCUT2D eigenvalue weighted by Gasteiger charge is -2.10. The van der Waals surface area contributed by atoms with Gasteiger partial charge < -0.3 is 5.32 Å². The minimum Gasteiger partial charge on any atom is -0.317 e. The summed E-state index contributed by atoms with van der Waals surface area (Å²) in [6.07, 6.45) is 3.27. The molecule has 82 valence electrons. The molecule has 3 atom stereocenters. The van der Waals surface area contributed by atoms with Crippen molar-refractivity contribution >= 4 is 10.8 Å². The van der Waals surface area contributed by atoms with Crippen molar-refractivity contribution < 1.29 is 4.21 Å². The van der Waals surface area contributed by atoms with E-state index in [1.165, 1.54) is 0 Å². The largest absolute Gasteiger partial charge is 0.317 e. The molecule has 1 aliphatic rings. The van der Waals surface area contributed by atoms with Crippen LogP contribution in [-0.2, 0) is 10.8 Å². The first kappa shape index (κ1) is 10.8. The van der Waals surface area contributed by atoms with Gasteiger partial charge in [-0.05, 0) is 38.4 Å². The minimum absolute atomic E-state index is 0.338. The average molecular weight is 223 g/mol. The van der Waals surface area contributed by atoms with E-state index in [2.05, 4.69) is 5.32 Å². The lowest BCUT2D eigenvalue weighted by molar-refractivity contribution is 0.581. The van der Waals surface area contributed by atoms with E-state index in [9.17, 15) is 4.21 Å². The Morgan fingerprint density at radius 2 is 2.00 bits per heavy atom. The number of rotatable bonds is 3. The maximum Gasteiger partial charge on any atom is 0.0561 e. The van der Waals surface area contributed by atoms with Gasteiger partial charge in [0.2, 0.25) is 0 Å². The second-order valence-corrected chi connectivity index (χ2v) is 5.76. The molecule has 1 saturated carbocycles. The molecule has 1 aromatic rings. The third-order valence-electron chi connectivity index (χ3n) is 3.07. The van der Waals surface area contributed by atoms with Gasteiger partial charge >= 0.3 is 0 Å². The fourth-order valence-corrected chi connectivity index (χ4v) is 3.71. The van der Waals surface area contributed by atoms with Crippen molar-refractivity contribution in [3.8, 4) is 0 Å². The Morgan fingerprint density at radius 1 is 1.27 bits per heavy atom. The molecule has 0 aromatic heterocycles. The van der Waals surface area contributed by atoms with E-state index in [0.717, 1.165) is 24.2 Å². The van der Waals surface area contributed by atoms with E-state index >= 15 is 0 Å². The molecule has 2 nitrogen and oxygen atoms in total. The molecule has 3 unspecified atom stereocenters. The van der Waals surface area contributed by atoms with Crippen LogP contribution in [0.25, 0.3) is 0 Å². The van der Waals surface area contributed by atoms with E-state index < -0.39 is 10.8 Å². The average Bonchev–Trinajstić information content (AvgIpc) is 2.78. The van der Waals surface area contributed by atoms with Gasteiger partial charge in [-0.1, -0.05) is 18.2 Å². The summed E-state index contributed by atoms with van der Waals surface area (Å²) in [5.74, 6) is 0. The Hall–Kier alpha value is -0.670. The normalized spacial score (nSPS) is 27.8. The van der Waals surface area contributed by atoms with Crippen LogP contribution < -0.4 is 5.32 Å². The van der Waals surface area contributed by atoms with Crippen LogP contribution in [0.15, 0.2) is 35.2 Å². The van der Waals surface area contributed by atoms with Crippen LogP contribution >= 0.6 is 0 Å². The van der Waals surface area contributed by atoms with Gasteiger partial charge in [0.05, 0.1) is 10.8 Å².